The van der Waals surface area contributed by atoms with Crippen molar-refractivity contribution in [2.24, 2.45) is 0 Å². The van der Waals surface area contributed by atoms with Crippen LogP contribution in [-0.2, 0) is 0 Å². The van der Waals surface area contributed by atoms with Crippen molar-refractivity contribution in [3.63, 3.8) is 0 Å². The molecule has 0 spiro atoms. The second-order valence-corrected chi connectivity index (χ2v) is 3.02. The number of benzene rings is 1. The Morgan fingerprint density at radius 1 is 1.47 bits per heavy atom. The maximum absolute atomic E-state index is 13.3. The van der Waals surface area contributed by atoms with E-state index in [1.165, 1.54) is 12.1 Å². The molecule has 15 heavy (non-hydrogen) atoms. The summed E-state index contributed by atoms with van der Waals surface area (Å²) in [6, 6.07) is 3.42. The summed E-state index contributed by atoms with van der Waals surface area (Å²) in [5, 5.41) is 0. The zero-order valence-corrected chi connectivity index (χ0v) is 8.40. The van der Waals surface area contributed by atoms with Gasteiger partial charge in [0.15, 0.2) is 0 Å². The first-order chi connectivity index (χ1) is 7.04. The normalized spacial score (nSPS) is 10.5. The van der Waals surface area contributed by atoms with Crippen LogP contribution in [0, 0.1) is 5.82 Å². The molecule has 1 aromatic rings. The van der Waals surface area contributed by atoms with Gasteiger partial charge in [-0.15, -0.1) is 11.6 Å². The summed E-state index contributed by atoms with van der Waals surface area (Å²) in [4.78, 5) is 0. The maximum Gasteiger partial charge on any atom is 0.387 e. The summed E-state index contributed by atoms with van der Waals surface area (Å²) in [6.45, 7) is 0.568. The van der Waals surface area contributed by atoms with Gasteiger partial charge in [-0.25, -0.2) is 4.39 Å². The van der Waals surface area contributed by atoms with Gasteiger partial charge in [-0.2, -0.15) is 8.78 Å². The molecule has 0 fully saturated rings. The SMILES string of the molecule is C=C(CCl)c1ccc(OC(F)F)cc1F. The number of ether oxygens (including phenoxy) is 1. The van der Waals surface area contributed by atoms with Crippen LogP contribution in [0.1, 0.15) is 5.56 Å². The van der Waals surface area contributed by atoms with Gasteiger partial charge in [0.2, 0.25) is 0 Å². The minimum absolute atomic E-state index is 0.0754. The highest BCUT2D eigenvalue weighted by atomic mass is 35.5. The summed E-state index contributed by atoms with van der Waals surface area (Å²) in [5.74, 6) is -0.834. The minimum Gasteiger partial charge on any atom is -0.435 e. The molecule has 0 unspecified atom stereocenters. The molecule has 0 aliphatic rings. The molecular weight excluding hydrogens is 229 g/mol. The van der Waals surface area contributed by atoms with Gasteiger partial charge in [-0.05, 0) is 17.7 Å². The zero-order chi connectivity index (χ0) is 11.4. The molecule has 5 heteroatoms. The Balaban J connectivity index is 2.93. The van der Waals surface area contributed by atoms with E-state index in [0.29, 0.717) is 5.57 Å². The number of rotatable bonds is 4. The third-order valence-electron chi connectivity index (χ3n) is 1.71. The van der Waals surface area contributed by atoms with Crippen LogP contribution in [0.3, 0.4) is 0 Å². The van der Waals surface area contributed by atoms with Crippen LogP contribution in [0.2, 0.25) is 0 Å². The van der Waals surface area contributed by atoms with Crippen molar-refractivity contribution in [3.05, 3.63) is 36.2 Å². The van der Waals surface area contributed by atoms with E-state index in [9.17, 15) is 13.2 Å². The molecule has 0 saturated heterocycles. The Hall–Kier alpha value is -1.16. The van der Waals surface area contributed by atoms with Crippen LogP contribution in [0.25, 0.3) is 5.57 Å². The molecule has 0 aliphatic heterocycles. The Morgan fingerprint density at radius 3 is 2.60 bits per heavy atom. The van der Waals surface area contributed by atoms with Crippen molar-refractivity contribution in [2.45, 2.75) is 6.61 Å². The molecule has 0 amide bonds. The van der Waals surface area contributed by atoms with Crippen molar-refractivity contribution in [2.75, 3.05) is 5.88 Å². The van der Waals surface area contributed by atoms with Gasteiger partial charge in [-0.3, -0.25) is 0 Å². The molecule has 0 N–H and O–H groups in total. The monoisotopic (exact) mass is 236 g/mol. The van der Waals surface area contributed by atoms with Crippen molar-refractivity contribution < 1.29 is 17.9 Å². The molecule has 0 saturated carbocycles. The number of hydrogen-bond donors (Lipinski definition) is 0. The molecule has 82 valence electrons. The Bertz CT molecular complexity index is 366. The van der Waals surface area contributed by atoms with E-state index < -0.39 is 12.4 Å². The lowest BCUT2D eigenvalue weighted by Gasteiger charge is -2.07. The highest BCUT2D eigenvalue weighted by Gasteiger charge is 2.09. The van der Waals surface area contributed by atoms with Crippen LogP contribution >= 0.6 is 11.6 Å². The molecule has 0 aromatic heterocycles. The molecule has 1 aromatic carbocycles. The lowest BCUT2D eigenvalue weighted by Crippen LogP contribution is -2.02. The van der Waals surface area contributed by atoms with Crippen molar-refractivity contribution in [1.82, 2.24) is 0 Å². The van der Waals surface area contributed by atoms with Gasteiger partial charge in [-0.1, -0.05) is 6.58 Å². The third-order valence-corrected chi connectivity index (χ3v) is 2.03. The van der Waals surface area contributed by atoms with Gasteiger partial charge in [0, 0.05) is 17.5 Å². The summed E-state index contributed by atoms with van der Waals surface area (Å²) >= 11 is 5.47. The second kappa shape index (κ2) is 5.07. The van der Waals surface area contributed by atoms with Gasteiger partial charge >= 0.3 is 6.61 Å². The Labute approximate surface area is 90.1 Å². The number of allylic oxidation sites excluding steroid dienone is 1. The van der Waals surface area contributed by atoms with Gasteiger partial charge < -0.3 is 4.74 Å². The summed E-state index contributed by atoms with van der Waals surface area (Å²) < 4.78 is 40.9. The van der Waals surface area contributed by atoms with Gasteiger partial charge in [0.1, 0.15) is 11.6 Å². The van der Waals surface area contributed by atoms with E-state index in [2.05, 4.69) is 11.3 Å². The van der Waals surface area contributed by atoms with Crippen molar-refractivity contribution >= 4 is 17.2 Å². The fourth-order valence-corrected chi connectivity index (χ4v) is 1.17. The lowest BCUT2D eigenvalue weighted by molar-refractivity contribution is -0.0499. The molecule has 0 bridgehead atoms. The van der Waals surface area contributed by atoms with Gasteiger partial charge in [0.25, 0.3) is 0 Å². The fraction of sp³-hybridized carbons (Fsp3) is 0.200. The first-order valence-corrected chi connectivity index (χ1v) is 4.56. The van der Waals surface area contributed by atoms with Crippen LogP contribution in [0.5, 0.6) is 5.75 Å². The smallest absolute Gasteiger partial charge is 0.387 e. The number of hydrogen-bond acceptors (Lipinski definition) is 1. The molecule has 0 aliphatic carbocycles. The summed E-state index contributed by atoms with van der Waals surface area (Å²) in [6.07, 6.45) is 0. The van der Waals surface area contributed by atoms with Crippen LogP contribution < -0.4 is 4.74 Å². The molecular formula is C10H8ClF3O. The van der Waals surface area contributed by atoms with Crippen molar-refractivity contribution in [1.29, 1.82) is 0 Å². The average Bonchev–Trinajstić information content (AvgIpc) is 2.16. The Kier molecular flexibility index (Phi) is 4.03. The first-order valence-electron chi connectivity index (χ1n) is 4.03. The molecule has 1 nitrogen and oxygen atoms in total. The van der Waals surface area contributed by atoms with E-state index in [0.717, 1.165) is 6.07 Å². The predicted molar refractivity (Wildman–Crippen MR) is 52.8 cm³/mol. The van der Waals surface area contributed by atoms with Crippen molar-refractivity contribution in [3.8, 4) is 5.75 Å². The first kappa shape index (κ1) is 11.9. The molecule has 0 radical (unpaired) electrons. The molecule has 1 rings (SSSR count). The molecule has 0 heterocycles. The van der Waals surface area contributed by atoms with Crippen LogP contribution in [0.15, 0.2) is 24.8 Å². The van der Waals surface area contributed by atoms with E-state index in [1.807, 2.05) is 0 Å². The largest absolute Gasteiger partial charge is 0.435 e. The lowest BCUT2D eigenvalue weighted by atomic mass is 10.1. The average molecular weight is 237 g/mol. The number of alkyl halides is 3. The third kappa shape index (κ3) is 3.16. The second-order valence-electron chi connectivity index (χ2n) is 2.76. The standard InChI is InChI=1S/C10H8ClF3O/c1-6(5-11)8-3-2-7(4-9(8)12)15-10(13)14/h2-4,10H,1,5H2. The fourth-order valence-electron chi connectivity index (χ4n) is 1.03. The summed E-state index contributed by atoms with van der Waals surface area (Å²) in [7, 11) is 0. The maximum atomic E-state index is 13.3. The van der Waals surface area contributed by atoms with Crippen LogP contribution in [0.4, 0.5) is 13.2 Å². The number of halogens is 4. The highest BCUT2D eigenvalue weighted by molar-refractivity contribution is 6.23. The quantitative estimate of drug-likeness (QED) is 0.725. The van der Waals surface area contributed by atoms with Gasteiger partial charge in [0.05, 0.1) is 0 Å². The predicted octanol–water partition coefficient (Wildman–Crippen LogP) is 3.68. The highest BCUT2D eigenvalue weighted by Crippen LogP contribution is 2.23. The topological polar surface area (TPSA) is 9.23 Å². The summed E-state index contributed by atoms with van der Waals surface area (Å²) in [5.41, 5.74) is 0.587. The van der Waals surface area contributed by atoms with E-state index in [-0.39, 0.29) is 17.2 Å². The molecule has 0 atom stereocenters. The van der Waals surface area contributed by atoms with Crippen LogP contribution in [-0.4, -0.2) is 12.5 Å². The van der Waals surface area contributed by atoms with E-state index in [4.69, 9.17) is 11.6 Å². The zero-order valence-electron chi connectivity index (χ0n) is 7.64. The van der Waals surface area contributed by atoms with E-state index >= 15 is 0 Å². The Morgan fingerprint density at radius 2 is 2.13 bits per heavy atom. The minimum atomic E-state index is -2.97. The van der Waals surface area contributed by atoms with E-state index in [1.54, 1.807) is 0 Å².